The van der Waals surface area contributed by atoms with Crippen LogP contribution in [0, 0.1) is 0 Å². The number of para-hydroxylation sites is 1. The second kappa shape index (κ2) is 11.2. The molecule has 34 heavy (non-hydrogen) atoms. The fraction of sp³-hybridized carbons (Fsp3) is 0.0741. The molecule has 7 heteroatoms. The maximum Gasteiger partial charge on any atom is 0.255 e. The summed E-state index contributed by atoms with van der Waals surface area (Å²) in [6.45, 7) is 0.200. The summed E-state index contributed by atoms with van der Waals surface area (Å²) >= 11 is 1.64. The van der Waals surface area contributed by atoms with Gasteiger partial charge < -0.3 is 15.8 Å². The maximum atomic E-state index is 12.8. The van der Waals surface area contributed by atoms with Gasteiger partial charge in [-0.1, -0.05) is 42.5 Å². The molecule has 0 aliphatic heterocycles. The normalized spacial score (nSPS) is 10.5. The quantitative estimate of drug-likeness (QED) is 0.324. The number of nitrogens with zero attached hydrogens (tertiary/aromatic N) is 1. The summed E-state index contributed by atoms with van der Waals surface area (Å²) in [6.07, 6.45) is 1.77. The molecule has 170 valence electrons. The molecule has 1 heterocycles. The molecule has 0 unspecified atom stereocenters. The lowest BCUT2D eigenvalue weighted by Gasteiger charge is -2.11. The van der Waals surface area contributed by atoms with E-state index in [0.717, 1.165) is 27.6 Å². The molecular formula is C27H23N3O3S. The average molecular weight is 470 g/mol. The van der Waals surface area contributed by atoms with Gasteiger partial charge in [-0.3, -0.25) is 9.59 Å². The third-order valence-corrected chi connectivity index (χ3v) is 5.96. The van der Waals surface area contributed by atoms with E-state index in [1.807, 2.05) is 48.5 Å². The van der Waals surface area contributed by atoms with Crippen molar-refractivity contribution in [3.8, 4) is 5.75 Å². The first-order valence-corrected chi connectivity index (χ1v) is 11.6. The average Bonchev–Trinajstić information content (AvgIpc) is 2.87. The van der Waals surface area contributed by atoms with Crippen LogP contribution in [0.3, 0.4) is 0 Å². The van der Waals surface area contributed by atoms with Crippen molar-refractivity contribution in [2.24, 2.45) is 5.73 Å². The van der Waals surface area contributed by atoms with E-state index in [4.69, 9.17) is 10.5 Å². The highest BCUT2D eigenvalue weighted by Gasteiger charge is 2.11. The smallest absolute Gasteiger partial charge is 0.255 e. The summed E-state index contributed by atoms with van der Waals surface area (Å²) in [5.74, 6) is 0.392. The summed E-state index contributed by atoms with van der Waals surface area (Å²) in [5.41, 5.74) is 8.84. The van der Waals surface area contributed by atoms with Crippen LogP contribution in [0.15, 0.2) is 102 Å². The van der Waals surface area contributed by atoms with Crippen molar-refractivity contribution < 1.29 is 14.3 Å². The summed E-state index contributed by atoms with van der Waals surface area (Å²) < 4.78 is 5.78. The van der Waals surface area contributed by atoms with Crippen LogP contribution in [0.4, 0.5) is 5.69 Å². The lowest BCUT2D eigenvalue weighted by molar-refractivity contribution is 0.0994. The Morgan fingerprint density at radius 1 is 0.882 bits per heavy atom. The van der Waals surface area contributed by atoms with Crippen LogP contribution in [0.25, 0.3) is 0 Å². The first-order chi connectivity index (χ1) is 16.6. The molecule has 4 rings (SSSR count). The highest BCUT2D eigenvalue weighted by atomic mass is 32.2. The molecular weight excluding hydrogens is 446 g/mol. The lowest BCUT2D eigenvalue weighted by Crippen LogP contribution is -2.13. The van der Waals surface area contributed by atoms with E-state index in [0.29, 0.717) is 16.9 Å². The van der Waals surface area contributed by atoms with Crippen LogP contribution in [-0.4, -0.2) is 16.8 Å². The number of anilines is 1. The zero-order valence-corrected chi connectivity index (χ0v) is 19.1. The number of amides is 2. The second-order valence-corrected chi connectivity index (χ2v) is 8.46. The molecule has 0 radical (unpaired) electrons. The number of rotatable bonds is 9. The number of thioether (sulfide) groups is 1. The van der Waals surface area contributed by atoms with Gasteiger partial charge in [0.1, 0.15) is 12.4 Å². The summed E-state index contributed by atoms with van der Waals surface area (Å²) in [4.78, 5) is 28.7. The van der Waals surface area contributed by atoms with Gasteiger partial charge in [0.25, 0.3) is 11.8 Å². The van der Waals surface area contributed by atoms with Crippen LogP contribution >= 0.6 is 11.8 Å². The number of primary amides is 1. The molecule has 0 saturated carbocycles. The first kappa shape index (κ1) is 23.1. The number of hydrogen-bond acceptors (Lipinski definition) is 5. The van der Waals surface area contributed by atoms with Crippen molar-refractivity contribution in [3.63, 3.8) is 0 Å². The SMILES string of the molecule is NC(=O)c1ccccc1OCc1cccc(C(=O)Nc2cccc(CSc3ccccn3)c2)c1. The molecule has 0 fully saturated rings. The zero-order chi connectivity index (χ0) is 23.8. The number of nitrogens with one attached hydrogen (secondary N) is 1. The van der Waals surface area contributed by atoms with E-state index in [2.05, 4.69) is 10.3 Å². The lowest BCUT2D eigenvalue weighted by atomic mass is 10.1. The third kappa shape index (κ3) is 6.24. The Balaban J connectivity index is 1.38. The molecule has 0 aliphatic carbocycles. The van der Waals surface area contributed by atoms with Crippen LogP contribution in [0.2, 0.25) is 0 Å². The largest absolute Gasteiger partial charge is 0.488 e. The number of hydrogen-bond donors (Lipinski definition) is 2. The number of carbonyl (C=O) groups excluding carboxylic acids is 2. The van der Waals surface area contributed by atoms with Gasteiger partial charge in [0.05, 0.1) is 10.6 Å². The molecule has 3 N–H and O–H groups in total. The molecule has 0 atom stereocenters. The number of benzene rings is 3. The summed E-state index contributed by atoms with van der Waals surface area (Å²) in [7, 11) is 0. The predicted molar refractivity (Wildman–Crippen MR) is 134 cm³/mol. The number of pyridine rings is 1. The van der Waals surface area contributed by atoms with Crippen LogP contribution in [0.1, 0.15) is 31.8 Å². The molecule has 1 aromatic heterocycles. The van der Waals surface area contributed by atoms with Crippen molar-refractivity contribution in [2.45, 2.75) is 17.4 Å². The minimum absolute atomic E-state index is 0.200. The molecule has 0 aliphatic rings. The highest BCUT2D eigenvalue weighted by molar-refractivity contribution is 7.98. The molecule has 0 bridgehead atoms. The van der Waals surface area contributed by atoms with Gasteiger partial charge >= 0.3 is 0 Å². The Bertz CT molecular complexity index is 1300. The second-order valence-electron chi connectivity index (χ2n) is 7.46. The van der Waals surface area contributed by atoms with Crippen LogP contribution < -0.4 is 15.8 Å². The van der Waals surface area contributed by atoms with E-state index in [9.17, 15) is 9.59 Å². The molecule has 6 nitrogen and oxygen atoms in total. The van der Waals surface area contributed by atoms with Gasteiger partial charge in [-0.25, -0.2) is 4.98 Å². The molecule has 2 amide bonds. The van der Waals surface area contributed by atoms with Crippen molar-refractivity contribution >= 4 is 29.3 Å². The van der Waals surface area contributed by atoms with E-state index < -0.39 is 5.91 Å². The molecule has 0 saturated heterocycles. The molecule has 4 aromatic rings. The van der Waals surface area contributed by atoms with Gasteiger partial charge in [0, 0.05) is 23.2 Å². The minimum Gasteiger partial charge on any atom is -0.488 e. The first-order valence-electron chi connectivity index (χ1n) is 10.6. The maximum absolute atomic E-state index is 12.8. The van der Waals surface area contributed by atoms with Gasteiger partial charge in [0.2, 0.25) is 0 Å². The number of nitrogens with two attached hydrogens (primary N) is 1. The van der Waals surface area contributed by atoms with Gasteiger partial charge in [-0.05, 0) is 59.7 Å². The van der Waals surface area contributed by atoms with Crippen molar-refractivity contribution in [1.29, 1.82) is 0 Å². The fourth-order valence-electron chi connectivity index (χ4n) is 3.29. The number of ether oxygens (including phenoxy) is 1. The Hall–Kier alpha value is -4.10. The van der Waals surface area contributed by atoms with Crippen molar-refractivity contribution in [1.82, 2.24) is 4.98 Å². The van der Waals surface area contributed by atoms with E-state index >= 15 is 0 Å². The van der Waals surface area contributed by atoms with Gasteiger partial charge in [-0.15, -0.1) is 11.8 Å². The molecule has 0 spiro atoms. The Morgan fingerprint density at radius 2 is 1.68 bits per heavy atom. The third-order valence-electron chi connectivity index (χ3n) is 4.95. The van der Waals surface area contributed by atoms with Crippen molar-refractivity contribution in [2.75, 3.05) is 5.32 Å². The van der Waals surface area contributed by atoms with Crippen LogP contribution in [0.5, 0.6) is 5.75 Å². The standard InChI is InChI=1S/C27H23N3O3S/c28-26(31)23-11-1-2-12-24(23)33-17-19-7-5-9-21(15-19)27(32)30-22-10-6-8-20(16-22)18-34-25-13-3-4-14-29-25/h1-16H,17-18H2,(H2,28,31)(H,30,32). The zero-order valence-electron chi connectivity index (χ0n) is 18.3. The summed E-state index contributed by atoms with van der Waals surface area (Å²) in [6, 6.07) is 27.6. The Labute approximate surface area is 202 Å². The van der Waals surface area contributed by atoms with E-state index in [1.54, 1.807) is 60.4 Å². The van der Waals surface area contributed by atoms with Crippen LogP contribution in [-0.2, 0) is 12.4 Å². The number of carbonyl (C=O) groups is 2. The predicted octanol–water partition coefficient (Wildman–Crippen LogP) is 5.30. The monoisotopic (exact) mass is 469 g/mol. The number of aromatic nitrogens is 1. The molecule has 3 aromatic carbocycles. The van der Waals surface area contributed by atoms with Crippen molar-refractivity contribution in [3.05, 3.63) is 119 Å². The van der Waals surface area contributed by atoms with E-state index in [-0.39, 0.29) is 12.5 Å². The summed E-state index contributed by atoms with van der Waals surface area (Å²) in [5, 5.41) is 3.91. The topological polar surface area (TPSA) is 94.3 Å². The Morgan fingerprint density at radius 3 is 2.50 bits per heavy atom. The Kier molecular flexibility index (Phi) is 7.57. The minimum atomic E-state index is -0.551. The van der Waals surface area contributed by atoms with E-state index in [1.165, 1.54) is 0 Å². The van der Waals surface area contributed by atoms with Gasteiger partial charge in [0.15, 0.2) is 0 Å². The fourth-order valence-corrected chi connectivity index (χ4v) is 4.10. The highest BCUT2D eigenvalue weighted by Crippen LogP contribution is 2.23. The van der Waals surface area contributed by atoms with Gasteiger partial charge in [-0.2, -0.15) is 0 Å².